The Hall–Kier alpha value is -4.59. The van der Waals surface area contributed by atoms with Crippen molar-refractivity contribution in [1.29, 1.82) is 0 Å². The van der Waals surface area contributed by atoms with E-state index < -0.39 is 17.8 Å². The predicted molar refractivity (Wildman–Crippen MR) is 139 cm³/mol. The van der Waals surface area contributed by atoms with Gasteiger partial charge in [-0.2, -0.15) is 0 Å². The minimum Gasteiger partial charge on any atom is -0.493 e. The Morgan fingerprint density at radius 1 is 1.03 bits per heavy atom. The van der Waals surface area contributed by atoms with E-state index in [0.717, 1.165) is 44.7 Å². The third-order valence-electron chi connectivity index (χ3n) is 6.34. The molecule has 2 aromatic carbocycles. The molecule has 188 valence electrons. The summed E-state index contributed by atoms with van der Waals surface area (Å²) in [5, 5.41) is 3.16. The van der Waals surface area contributed by atoms with Crippen molar-refractivity contribution in [3.8, 4) is 5.75 Å². The maximum absolute atomic E-state index is 13.1. The SMILES string of the molecule is Cc1ccc(C)c(OCCCn2cc(/C=C3/C(=O)NC(=O)N(Cc4ccco4)C3=O)c3ccccc32)c1. The molecule has 1 N–H and O–H groups in total. The highest BCUT2D eigenvalue weighted by Crippen LogP contribution is 2.26. The molecule has 37 heavy (non-hydrogen) atoms. The van der Waals surface area contributed by atoms with Crippen LogP contribution in [0.2, 0.25) is 0 Å². The predicted octanol–water partition coefficient (Wildman–Crippen LogP) is 4.98. The van der Waals surface area contributed by atoms with Crippen LogP contribution >= 0.6 is 0 Å². The lowest BCUT2D eigenvalue weighted by Crippen LogP contribution is -2.53. The smallest absolute Gasteiger partial charge is 0.331 e. The first-order valence-electron chi connectivity index (χ1n) is 12.1. The van der Waals surface area contributed by atoms with Crippen molar-refractivity contribution >= 4 is 34.8 Å². The number of aromatic nitrogens is 1. The fourth-order valence-electron chi connectivity index (χ4n) is 4.41. The third kappa shape index (κ3) is 5.04. The first kappa shape index (κ1) is 24.1. The van der Waals surface area contributed by atoms with Crippen LogP contribution in [0, 0.1) is 13.8 Å². The van der Waals surface area contributed by atoms with E-state index in [1.807, 2.05) is 50.4 Å². The monoisotopic (exact) mass is 497 g/mol. The Labute approximate surface area is 214 Å². The number of furan rings is 1. The van der Waals surface area contributed by atoms with Crippen LogP contribution in [-0.4, -0.2) is 33.9 Å². The Balaban J connectivity index is 1.36. The highest BCUT2D eigenvalue weighted by Gasteiger charge is 2.36. The number of benzene rings is 2. The molecule has 8 heteroatoms. The van der Waals surface area contributed by atoms with Gasteiger partial charge in [0.05, 0.1) is 19.4 Å². The number of fused-ring (bicyclic) bond motifs is 1. The van der Waals surface area contributed by atoms with Crippen molar-refractivity contribution in [2.45, 2.75) is 33.4 Å². The maximum Gasteiger partial charge on any atom is 0.331 e. The average molecular weight is 498 g/mol. The summed E-state index contributed by atoms with van der Waals surface area (Å²) in [6.45, 7) is 5.25. The van der Waals surface area contributed by atoms with Gasteiger partial charge in [-0.25, -0.2) is 4.79 Å². The number of imide groups is 2. The standard InChI is InChI=1S/C29H27N3O5/c1-19-10-11-20(2)26(15-19)37-14-6-12-31-17-21(23-8-3-4-9-25(23)31)16-24-27(33)30-29(35)32(28(24)34)18-22-7-5-13-36-22/h3-5,7-11,13,15-17H,6,12,14,18H2,1-2H3,(H,30,33,35)/b24-16-. The van der Waals surface area contributed by atoms with Crippen LogP contribution in [0.25, 0.3) is 17.0 Å². The molecular formula is C29H27N3O5. The molecular weight excluding hydrogens is 470 g/mol. The normalized spacial score (nSPS) is 15.0. The molecule has 3 heterocycles. The van der Waals surface area contributed by atoms with Crippen LogP contribution in [0.15, 0.2) is 77.0 Å². The van der Waals surface area contributed by atoms with E-state index in [1.165, 1.54) is 6.26 Å². The molecule has 1 aliphatic rings. The first-order chi connectivity index (χ1) is 17.9. The minimum atomic E-state index is -0.769. The molecule has 5 rings (SSSR count). The molecule has 1 saturated heterocycles. The fourth-order valence-corrected chi connectivity index (χ4v) is 4.41. The van der Waals surface area contributed by atoms with Crippen LogP contribution in [-0.2, 0) is 22.7 Å². The maximum atomic E-state index is 13.1. The molecule has 4 aromatic rings. The van der Waals surface area contributed by atoms with Crippen molar-refractivity contribution < 1.29 is 23.5 Å². The number of hydrogen-bond acceptors (Lipinski definition) is 5. The number of ether oxygens (including phenoxy) is 1. The van der Waals surface area contributed by atoms with Crippen LogP contribution in [0.5, 0.6) is 5.75 Å². The molecule has 0 aliphatic carbocycles. The van der Waals surface area contributed by atoms with Crippen LogP contribution in [0.4, 0.5) is 4.79 Å². The van der Waals surface area contributed by atoms with E-state index in [1.54, 1.807) is 18.2 Å². The number of carbonyl (C=O) groups excluding carboxylic acids is 3. The number of nitrogens with zero attached hydrogens (tertiary/aromatic N) is 2. The van der Waals surface area contributed by atoms with Crippen LogP contribution in [0.3, 0.4) is 0 Å². The van der Waals surface area contributed by atoms with E-state index in [9.17, 15) is 14.4 Å². The quantitative estimate of drug-likeness (QED) is 0.210. The van der Waals surface area contributed by atoms with E-state index in [0.29, 0.717) is 18.9 Å². The lowest BCUT2D eigenvalue weighted by Gasteiger charge is -2.25. The van der Waals surface area contributed by atoms with Gasteiger partial charge in [-0.1, -0.05) is 30.3 Å². The second kappa shape index (κ2) is 10.2. The van der Waals surface area contributed by atoms with Crippen LogP contribution < -0.4 is 10.1 Å². The van der Waals surface area contributed by atoms with E-state index in [-0.39, 0.29) is 12.1 Å². The molecule has 0 atom stereocenters. The number of carbonyl (C=O) groups is 3. The summed E-state index contributed by atoms with van der Waals surface area (Å²) in [7, 11) is 0. The van der Waals surface area contributed by atoms with Gasteiger partial charge >= 0.3 is 6.03 Å². The summed E-state index contributed by atoms with van der Waals surface area (Å²) in [5.74, 6) is -0.0523. The number of rotatable bonds is 8. The Morgan fingerprint density at radius 2 is 1.86 bits per heavy atom. The summed E-state index contributed by atoms with van der Waals surface area (Å²) in [4.78, 5) is 39.0. The third-order valence-corrected chi connectivity index (χ3v) is 6.34. The Bertz CT molecular complexity index is 1510. The Kier molecular flexibility index (Phi) is 6.64. The zero-order valence-electron chi connectivity index (χ0n) is 20.7. The molecule has 0 saturated carbocycles. The number of aryl methyl sites for hydroxylation is 3. The van der Waals surface area contributed by atoms with Gasteiger partial charge in [0, 0.05) is 29.2 Å². The van der Waals surface area contributed by atoms with Crippen LogP contribution in [0.1, 0.15) is 28.9 Å². The molecule has 1 fully saturated rings. The molecule has 2 aromatic heterocycles. The summed E-state index contributed by atoms with van der Waals surface area (Å²) in [6.07, 6.45) is 5.70. The molecule has 8 nitrogen and oxygen atoms in total. The number of hydrogen-bond donors (Lipinski definition) is 1. The fraction of sp³-hybridized carbons (Fsp3) is 0.207. The van der Waals surface area contributed by atoms with Gasteiger partial charge in [0.2, 0.25) is 0 Å². The van der Waals surface area contributed by atoms with E-state index in [2.05, 4.69) is 22.0 Å². The number of urea groups is 1. The lowest BCUT2D eigenvalue weighted by molar-refractivity contribution is -0.130. The van der Waals surface area contributed by atoms with Crippen molar-refractivity contribution in [2.24, 2.45) is 0 Å². The van der Waals surface area contributed by atoms with Gasteiger partial charge in [-0.05, 0) is 61.7 Å². The highest BCUT2D eigenvalue weighted by atomic mass is 16.5. The zero-order chi connectivity index (χ0) is 25.9. The van der Waals surface area contributed by atoms with Gasteiger partial charge in [-0.3, -0.25) is 19.8 Å². The largest absolute Gasteiger partial charge is 0.493 e. The summed E-state index contributed by atoms with van der Waals surface area (Å²) >= 11 is 0. The van der Waals surface area contributed by atoms with Gasteiger partial charge in [0.25, 0.3) is 11.8 Å². The van der Waals surface area contributed by atoms with Gasteiger partial charge in [-0.15, -0.1) is 0 Å². The first-order valence-corrected chi connectivity index (χ1v) is 12.1. The second-order valence-corrected chi connectivity index (χ2v) is 9.05. The topological polar surface area (TPSA) is 93.8 Å². The van der Waals surface area contributed by atoms with Crippen molar-refractivity contribution in [3.05, 3.63) is 95.1 Å². The Morgan fingerprint density at radius 3 is 2.68 bits per heavy atom. The van der Waals surface area contributed by atoms with Gasteiger partial charge < -0.3 is 13.7 Å². The number of para-hydroxylation sites is 1. The molecule has 0 spiro atoms. The number of amides is 4. The lowest BCUT2D eigenvalue weighted by atomic mass is 10.1. The van der Waals surface area contributed by atoms with Gasteiger partial charge in [0.15, 0.2) is 0 Å². The zero-order valence-corrected chi connectivity index (χ0v) is 20.7. The van der Waals surface area contributed by atoms with E-state index >= 15 is 0 Å². The van der Waals surface area contributed by atoms with Crippen molar-refractivity contribution in [1.82, 2.24) is 14.8 Å². The van der Waals surface area contributed by atoms with Crippen molar-refractivity contribution in [2.75, 3.05) is 6.61 Å². The molecule has 0 bridgehead atoms. The summed E-state index contributed by atoms with van der Waals surface area (Å²) in [6, 6.07) is 16.5. The summed E-state index contributed by atoms with van der Waals surface area (Å²) < 4.78 is 13.4. The highest BCUT2D eigenvalue weighted by molar-refractivity contribution is 6.31. The molecule has 1 aliphatic heterocycles. The number of barbiturate groups is 1. The molecule has 4 amide bonds. The summed E-state index contributed by atoms with van der Waals surface area (Å²) in [5.41, 5.74) is 3.85. The average Bonchev–Trinajstić information content (AvgIpc) is 3.52. The number of nitrogens with one attached hydrogen (secondary N) is 1. The van der Waals surface area contributed by atoms with Gasteiger partial charge in [0.1, 0.15) is 17.1 Å². The minimum absolute atomic E-state index is 0.0650. The second-order valence-electron chi connectivity index (χ2n) is 9.05. The molecule has 0 radical (unpaired) electrons. The van der Waals surface area contributed by atoms with Crippen molar-refractivity contribution in [3.63, 3.8) is 0 Å². The van der Waals surface area contributed by atoms with E-state index in [4.69, 9.17) is 9.15 Å². The molecule has 0 unspecified atom stereocenters.